The van der Waals surface area contributed by atoms with Crippen molar-refractivity contribution in [2.45, 2.75) is 6.54 Å². The number of methoxy groups -OCH3 is 1. The molecular weight excluding hydrogens is 294 g/mol. The number of nitrogens with zero attached hydrogens (tertiary/aromatic N) is 2. The van der Waals surface area contributed by atoms with E-state index in [9.17, 15) is 9.59 Å². The number of para-hydroxylation sites is 1. The quantitative estimate of drug-likeness (QED) is 0.651. The number of ether oxygens (including phenoxy) is 1. The zero-order valence-corrected chi connectivity index (χ0v) is 12.7. The van der Waals surface area contributed by atoms with Crippen LogP contribution < -0.4 is 15.7 Å². The number of allylic oxidation sites excluding steroid dienone is 1. The van der Waals surface area contributed by atoms with E-state index < -0.39 is 0 Å². The molecule has 0 saturated carbocycles. The number of nitrogens with one attached hydrogen (secondary N) is 1. The fraction of sp³-hybridized carbons (Fsp3) is 0.118. The zero-order chi connectivity index (χ0) is 16.5. The maximum absolute atomic E-state index is 11.7. The SMILES string of the molecule is COc1ccccc1/C=C/C=N\NC(=O)Cn1ccccc1=O. The Morgan fingerprint density at radius 3 is 2.83 bits per heavy atom. The molecular formula is C17H17N3O3. The number of hydrogen-bond donors (Lipinski definition) is 1. The van der Waals surface area contributed by atoms with Crippen molar-refractivity contribution >= 4 is 18.2 Å². The minimum absolute atomic E-state index is 0.0762. The predicted octanol–water partition coefficient (Wildman–Crippen LogP) is 1.67. The second kappa shape index (κ2) is 8.33. The number of rotatable bonds is 6. The second-order valence-electron chi connectivity index (χ2n) is 4.58. The van der Waals surface area contributed by atoms with Crippen LogP contribution in [0.4, 0.5) is 0 Å². The highest BCUT2D eigenvalue weighted by Crippen LogP contribution is 2.18. The van der Waals surface area contributed by atoms with E-state index in [4.69, 9.17) is 4.74 Å². The van der Waals surface area contributed by atoms with Gasteiger partial charge in [-0.2, -0.15) is 5.10 Å². The van der Waals surface area contributed by atoms with Crippen molar-refractivity contribution < 1.29 is 9.53 Å². The summed E-state index contributed by atoms with van der Waals surface area (Å²) >= 11 is 0. The first-order valence-electron chi connectivity index (χ1n) is 6.98. The third kappa shape index (κ3) is 4.96. The van der Waals surface area contributed by atoms with Gasteiger partial charge in [0.15, 0.2) is 0 Å². The molecule has 1 N–H and O–H groups in total. The van der Waals surface area contributed by atoms with Crippen molar-refractivity contribution in [3.8, 4) is 5.75 Å². The van der Waals surface area contributed by atoms with Crippen LogP contribution in [0.3, 0.4) is 0 Å². The van der Waals surface area contributed by atoms with Gasteiger partial charge >= 0.3 is 0 Å². The van der Waals surface area contributed by atoms with E-state index in [1.807, 2.05) is 30.3 Å². The highest BCUT2D eigenvalue weighted by molar-refractivity contribution is 5.81. The van der Waals surface area contributed by atoms with Crippen LogP contribution in [-0.2, 0) is 11.3 Å². The van der Waals surface area contributed by atoms with E-state index in [2.05, 4.69) is 10.5 Å². The number of carbonyl (C=O) groups excluding carboxylic acids is 1. The third-order valence-corrected chi connectivity index (χ3v) is 2.98. The number of hydrazone groups is 1. The van der Waals surface area contributed by atoms with Crippen molar-refractivity contribution in [3.63, 3.8) is 0 Å². The molecule has 118 valence electrons. The first-order chi connectivity index (χ1) is 11.2. The summed E-state index contributed by atoms with van der Waals surface area (Å²) in [6.07, 6.45) is 6.51. The van der Waals surface area contributed by atoms with Crippen LogP contribution in [0.5, 0.6) is 5.75 Å². The summed E-state index contributed by atoms with van der Waals surface area (Å²) in [6.45, 7) is -0.0762. The van der Waals surface area contributed by atoms with Crippen molar-refractivity contribution in [1.82, 2.24) is 9.99 Å². The van der Waals surface area contributed by atoms with Gasteiger partial charge in [-0.1, -0.05) is 24.3 Å². The second-order valence-corrected chi connectivity index (χ2v) is 4.58. The Morgan fingerprint density at radius 1 is 1.26 bits per heavy atom. The zero-order valence-electron chi connectivity index (χ0n) is 12.7. The molecule has 0 aliphatic rings. The Balaban J connectivity index is 1.87. The molecule has 0 saturated heterocycles. The lowest BCUT2D eigenvalue weighted by atomic mass is 10.2. The van der Waals surface area contributed by atoms with Gasteiger partial charge in [-0.25, -0.2) is 5.43 Å². The average Bonchev–Trinajstić information content (AvgIpc) is 2.57. The van der Waals surface area contributed by atoms with Gasteiger partial charge in [-0.15, -0.1) is 0 Å². The molecule has 2 rings (SSSR count). The van der Waals surface area contributed by atoms with Crippen LogP contribution >= 0.6 is 0 Å². The van der Waals surface area contributed by atoms with Crippen molar-refractivity contribution in [2.24, 2.45) is 5.10 Å². The molecule has 0 fully saturated rings. The molecule has 0 spiro atoms. The van der Waals surface area contributed by atoms with Crippen LogP contribution in [0.15, 0.2) is 64.6 Å². The average molecular weight is 311 g/mol. The first kappa shape index (κ1) is 16.2. The van der Waals surface area contributed by atoms with Crippen molar-refractivity contribution in [1.29, 1.82) is 0 Å². The summed E-state index contributed by atoms with van der Waals surface area (Å²) in [4.78, 5) is 23.1. The highest BCUT2D eigenvalue weighted by atomic mass is 16.5. The molecule has 0 unspecified atom stereocenters. The Bertz CT molecular complexity index is 778. The van der Waals surface area contributed by atoms with Gasteiger partial charge in [0, 0.05) is 24.0 Å². The largest absolute Gasteiger partial charge is 0.496 e. The molecule has 6 nitrogen and oxygen atoms in total. The summed E-state index contributed by atoms with van der Waals surface area (Å²) in [5, 5.41) is 3.80. The standard InChI is InChI=1S/C17H17N3O3/c1-23-15-9-3-2-7-14(15)8-6-11-18-19-16(21)13-20-12-5-4-10-17(20)22/h2-12H,13H2,1H3,(H,19,21)/b8-6+,18-11-. The van der Waals surface area contributed by atoms with Crippen LogP contribution in [-0.4, -0.2) is 23.8 Å². The Labute approximate surface area is 133 Å². The van der Waals surface area contributed by atoms with Gasteiger partial charge in [0.2, 0.25) is 0 Å². The summed E-state index contributed by atoms with van der Waals surface area (Å²) in [7, 11) is 1.60. The smallest absolute Gasteiger partial charge is 0.260 e. The van der Waals surface area contributed by atoms with E-state index in [0.29, 0.717) is 0 Å². The van der Waals surface area contributed by atoms with Gasteiger partial charge in [-0.3, -0.25) is 9.59 Å². The molecule has 1 aromatic heterocycles. The maximum atomic E-state index is 11.7. The van der Waals surface area contributed by atoms with Gasteiger partial charge in [0.05, 0.1) is 7.11 Å². The number of hydrogen-bond acceptors (Lipinski definition) is 4. The monoisotopic (exact) mass is 311 g/mol. The van der Waals surface area contributed by atoms with E-state index in [1.54, 1.807) is 31.5 Å². The molecule has 6 heteroatoms. The summed E-state index contributed by atoms with van der Waals surface area (Å²) in [5.74, 6) is 0.380. The fourth-order valence-electron chi connectivity index (χ4n) is 1.88. The molecule has 0 bridgehead atoms. The van der Waals surface area contributed by atoms with Crippen LogP contribution in [0.2, 0.25) is 0 Å². The van der Waals surface area contributed by atoms with Crippen LogP contribution in [0.1, 0.15) is 5.56 Å². The highest BCUT2D eigenvalue weighted by Gasteiger charge is 2.01. The van der Waals surface area contributed by atoms with E-state index in [0.717, 1.165) is 11.3 Å². The fourth-order valence-corrected chi connectivity index (χ4v) is 1.88. The normalized spacial score (nSPS) is 11.0. The third-order valence-electron chi connectivity index (χ3n) is 2.98. The van der Waals surface area contributed by atoms with Crippen molar-refractivity contribution in [2.75, 3.05) is 7.11 Å². The predicted molar refractivity (Wildman–Crippen MR) is 89.4 cm³/mol. The molecule has 1 heterocycles. The summed E-state index contributed by atoms with van der Waals surface area (Å²) < 4.78 is 6.52. The minimum Gasteiger partial charge on any atom is -0.496 e. The topological polar surface area (TPSA) is 72.7 Å². The maximum Gasteiger partial charge on any atom is 0.260 e. The van der Waals surface area contributed by atoms with Gasteiger partial charge in [0.25, 0.3) is 11.5 Å². The Hall–Kier alpha value is -3.15. The lowest BCUT2D eigenvalue weighted by molar-refractivity contribution is -0.121. The first-order valence-corrected chi connectivity index (χ1v) is 6.98. The van der Waals surface area contributed by atoms with Crippen LogP contribution in [0.25, 0.3) is 6.08 Å². The van der Waals surface area contributed by atoms with E-state index >= 15 is 0 Å². The summed E-state index contributed by atoms with van der Waals surface area (Å²) in [5.41, 5.74) is 3.03. The van der Waals surface area contributed by atoms with Gasteiger partial charge in [-0.05, 0) is 24.3 Å². The number of amides is 1. The lowest BCUT2D eigenvalue weighted by Crippen LogP contribution is -2.28. The number of carbonyl (C=O) groups is 1. The van der Waals surface area contributed by atoms with Gasteiger partial charge < -0.3 is 9.30 Å². The van der Waals surface area contributed by atoms with Crippen LogP contribution in [0, 0.1) is 0 Å². The van der Waals surface area contributed by atoms with Crippen molar-refractivity contribution in [3.05, 3.63) is 70.7 Å². The number of benzene rings is 1. The minimum atomic E-state index is -0.375. The Morgan fingerprint density at radius 2 is 2.04 bits per heavy atom. The molecule has 0 atom stereocenters. The molecule has 0 aliphatic heterocycles. The number of pyridine rings is 1. The molecule has 23 heavy (non-hydrogen) atoms. The number of aromatic nitrogens is 1. The molecule has 2 aromatic rings. The van der Waals surface area contributed by atoms with E-state index in [-0.39, 0.29) is 18.0 Å². The molecule has 1 amide bonds. The van der Waals surface area contributed by atoms with E-state index in [1.165, 1.54) is 16.8 Å². The van der Waals surface area contributed by atoms with Gasteiger partial charge in [0.1, 0.15) is 12.3 Å². The Kier molecular flexibility index (Phi) is 5.88. The molecule has 0 radical (unpaired) electrons. The molecule has 1 aromatic carbocycles. The molecule has 0 aliphatic carbocycles. The summed E-state index contributed by atoms with van der Waals surface area (Å²) in [6, 6.07) is 12.3. The lowest BCUT2D eigenvalue weighted by Gasteiger charge is -2.03.